The van der Waals surface area contributed by atoms with Gasteiger partial charge in [-0.2, -0.15) is 17.7 Å². The van der Waals surface area contributed by atoms with Crippen LogP contribution in [0.2, 0.25) is 0 Å². The second-order valence-corrected chi connectivity index (χ2v) is 4.98. The topological polar surface area (TPSA) is 66.6 Å². The Hall–Kier alpha value is -2.39. The van der Waals surface area contributed by atoms with Gasteiger partial charge in [-0.15, -0.1) is 15.3 Å². The number of hydrogen-bond acceptors (Lipinski definition) is 5. The Bertz CT molecular complexity index is 704. The highest BCUT2D eigenvalue weighted by atomic mass is 19.4. The highest BCUT2D eigenvalue weighted by Crippen LogP contribution is 2.28. The molecule has 1 amide bonds. The molecule has 2 aromatic rings. The number of halogens is 3. The highest BCUT2D eigenvalue weighted by Gasteiger charge is 2.37. The lowest BCUT2D eigenvalue weighted by molar-refractivity contribution is -0.146. The smallest absolute Gasteiger partial charge is 0.352 e. The minimum absolute atomic E-state index is 0.0128. The maximum absolute atomic E-state index is 12.8. The van der Waals surface area contributed by atoms with Gasteiger partial charge in [-0.3, -0.25) is 4.79 Å². The molecule has 0 radical (unpaired) electrons. The van der Waals surface area contributed by atoms with Crippen molar-refractivity contribution in [2.24, 2.45) is 0 Å². The molecule has 0 unspecified atom stereocenters. The molecule has 10 heteroatoms. The summed E-state index contributed by atoms with van der Waals surface area (Å²) in [6.07, 6.45) is -4.61. The molecule has 0 aliphatic carbocycles. The Morgan fingerprint density at radius 3 is 2.41 bits per heavy atom. The quantitative estimate of drug-likeness (QED) is 0.779. The second-order valence-electron chi connectivity index (χ2n) is 4.98. The zero-order valence-electron chi connectivity index (χ0n) is 11.7. The first-order chi connectivity index (χ1) is 10.4. The van der Waals surface area contributed by atoms with Gasteiger partial charge in [0.25, 0.3) is 5.82 Å². The Labute approximate surface area is 123 Å². The summed E-state index contributed by atoms with van der Waals surface area (Å²) in [4.78, 5) is 14.8. The number of carbonyl (C=O) groups excluding carboxylic acids is 1. The van der Waals surface area contributed by atoms with Gasteiger partial charge in [-0.1, -0.05) is 0 Å². The van der Waals surface area contributed by atoms with Crippen LogP contribution in [-0.2, 0) is 11.0 Å². The third-order valence-electron chi connectivity index (χ3n) is 3.55. The van der Waals surface area contributed by atoms with E-state index in [1.807, 2.05) is 4.90 Å². The summed E-state index contributed by atoms with van der Waals surface area (Å²) in [5.41, 5.74) is 0.0402. The molecule has 2 aromatic heterocycles. The van der Waals surface area contributed by atoms with Gasteiger partial charge in [-0.05, 0) is 12.1 Å². The van der Waals surface area contributed by atoms with E-state index in [1.54, 1.807) is 11.0 Å². The van der Waals surface area contributed by atoms with Gasteiger partial charge in [0, 0.05) is 33.1 Å². The fourth-order valence-corrected chi connectivity index (χ4v) is 2.38. The summed E-state index contributed by atoms with van der Waals surface area (Å²) >= 11 is 0. The van der Waals surface area contributed by atoms with E-state index in [9.17, 15) is 18.0 Å². The van der Waals surface area contributed by atoms with Crippen LogP contribution in [0.4, 0.5) is 19.0 Å². The molecule has 0 spiro atoms. The van der Waals surface area contributed by atoms with Crippen LogP contribution < -0.4 is 4.90 Å². The second kappa shape index (κ2) is 5.11. The zero-order chi connectivity index (χ0) is 15.9. The van der Waals surface area contributed by atoms with E-state index in [2.05, 4.69) is 15.3 Å². The summed E-state index contributed by atoms with van der Waals surface area (Å²) < 4.78 is 39.2. The Morgan fingerprint density at radius 2 is 1.82 bits per heavy atom. The van der Waals surface area contributed by atoms with E-state index in [0.717, 1.165) is 0 Å². The number of piperazine rings is 1. The summed E-state index contributed by atoms with van der Waals surface area (Å²) in [5.74, 6) is -0.756. The molecule has 118 valence electrons. The molecular weight excluding hydrogens is 301 g/mol. The van der Waals surface area contributed by atoms with Crippen LogP contribution in [-0.4, -0.2) is 56.8 Å². The minimum atomic E-state index is -4.61. The number of hydrogen-bond donors (Lipinski definition) is 0. The molecule has 22 heavy (non-hydrogen) atoms. The molecule has 1 fully saturated rings. The van der Waals surface area contributed by atoms with E-state index in [0.29, 0.717) is 36.5 Å². The van der Waals surface area contributed by atoms with Gasteiger partial charge in [-0.25, -0.2) is 0 Å². The Kier molecular flexibility index (Phi) is 3.38. The molecule has 1 aliphatic heterocycles. The number of rotatable bonds is 1. The van der Waals surface area contributed by atoms with Gasteiger partial charge in [0.2, 0.25) is 5.91 Å². The molecule has 3 heterocycles. The standard InChI is InChI=1S/C12H13F3N6O/c1-8(22)19-4-6-20(7-5-19)10-3-2-9-16-17-11(12(13,14)15)21(9)18-10/h2-3H,4-7H2,1H3. The number of aromatic nitrogens is 4. The van der Waals surface area contributed by atoms with Crippen molar-refractivity contribution >= 4 is 17.4 Å². The maximum atomic E-state index is 12.8. The Balaban J connectivity index is 1.88. The summed E-state index contributed by atoms with van der Waals surface area (Å²) in [6.45, 7) is 3.56. The van der Waals surface area contributed by atoms with Crippen LogP contribution in [0.25, 0.3) is 5.65 Å². The van der Waals surface area contributed by atoms with Crippen molar-refractivity contribution in [3.05, 3.63) is 18.0 Å². The van der Waals surface area contributed by atoms with Crippen molar-refractivity contribution in [1.29, 1.82) is 0 Å². The fourth-order valence-electron chi connectivity index (χ4n) is 2.38. The molecule has 0 aromatic carbocycles. The van der Waals surface area contributed by atoms with Crippen molar-refractivity contribution in [1.82, 2.24) is 24.7 Å². The normalized spacial score (nSPS) is 16.4. The van der Waals surface area contributed by atoms with Crippen molar-refractivity contribution in [3.63, 3.8) is 0 Å². The number of amides is 1. The predicted molar refractivity (Wildman–Crippen MR) is 70.3 cm³/mol. The average Bonchev–Trinajstić information content (AvgIpc) is 2.90. The maximum Gasteiger partial charge on any atom is 0.453 e. The predicted octanol–water partition coefficient (Wildman–Crippen LogP) is 0.812. The van der Waals surface area contributed by atoms with Crippen molar-refractivity contribution in [2.45, 2.75) is 13.1 Å². The van der Waals surface area contributed by atoms with Crippen LogP contribution in [0.3, 0.4) is 0 Å². The van der Waals surface area contributed by atoms with Crippen molar-refractivity contribution in [2.75, 3.05) is 31.1 Å². The molecule has 1 aliphatic rings. The average molecular weight is 314 g/mol. The van der Waals surface area contributed by atoms with Crippen LogP contribution in [0, 0.1) is 0 Å². The lowest BCUT2D eigenvalue weighted by Crippen LogP contribution is -2.48. The highest BCUT2D eigenvalue weighted by molar-refractivity contribution is 5.73. The van der Waals surface area contributed by atoms with Gasteiger partial charge in [0.15, 0.2) is 5.65 Å². The first-order valence-corrected chi connectivity index (χ1v) is 6.66. The molecule has 0 N–H and O–H groups in total. The van der Waals surface area contributed by atoms with E-state index in [1.165, 1.54) is 13.0 Å². The largest absolute Gasteiger partial charge is 0.453 e. The zero-order valence-corrected chi connectivity index (χ0v) is 11.7. The SMILES string of the molecule is CC(=O)N1CCN(c2ccc3nnc(C(F)(F)F)n3n2)CC1. The number of anilines is 1. The lowest BCUT2D eigenvalue weighted by Gasteiger charge is -2.34. The number of fused-ring (bicyclic) bond motifs is 1. The molecule has 7 nitrogen and oxygen atoms in total. The molecule has 3 rings (SSSR count). The first kappa shape index (κ1) is 14.5. The third-order valence-corrected chi connectivity index (χ3v) is 3.55. The van der Waals surface area contributed by atoms with Crippen LogP contribution in [0.15, 0.2) is 12.1 Å². The monoisotopic (exact) mass is 314 g/mol. The van der Waals surface area contributed by atoms with Crippen molar-refractivity contribution in [3.8, 4) is 0 Å². The summed E-state index contributed by atoms with van der Waals surface area (Å²) in [5, 5.41) is 10.6. The van der Waals surface area contributed by atoms with Crippen LogP contribution in [0.1, 0.15) is 12.7 Å². The van der Waals surface area contributed by atoms with E-state index < -0.39 is 12.0 Å². The Morgan fingerprint density at radius 1 is 1.14 bits per heavy atom. The van der Waals surface area contributed by atoms with Gasteiger partial charge in [0.1, 0.15) is 5.82 Å². The summed E-state index contributed by atoms with van der Waals surface area (Å²) in [6, 6.07) is 3.05. The van der Waals surface area contributed by atoms with Crippen molar-refractivity contribution < 1.29 is 18.0 Å². The molecule has 0 bridgehead atoms. The molecule has 0 atom stereocenters. The van der Waals surface area contributed by atoms with Gasteiger partial charge in [0.05, 0.1) is 0 Å². The summed E-state index contributed by atoms with van der Waals surface area (Å²) in [7, 11) is 0. The van der Waals surface area contributed by atoms with E-state index >= 15 is 0 Å². The molecule has 1 saturated heterocycles. The third kappa shape index (κ3) is 2.55. The van der Waals surface area contributed by atoms with Crippen LogP contribution >= 0.6 is 0 Å². The minimum Gasteiger partial charge on any atom is -0.352 e. The molecule has 0 saturated carbocycles. The molecular formula is C12H13F3N6O. The van der Waals surface area contributed by atoms with Gasteiger partial charge >= 0.3 is 6.18 Å². The number of nitrogens with zero attached hydrogens (tertiary/aromatic N) is 6. The fraction of sp³-hybridized carbons (Fsp3) is 0.500. The van der Waals surface area contributed by atoms with E-state index in [-0.39, 0.29) is 11.6 Å². The van der Waals surface area contributed by atoms with Gasteiger partial charge < -0.3 is 9.80 Å². The van der Waals surface area contributed by atoms with Crippen LogP contribution in [0.5, 0.6) is 0 Å². The lowest BCUT2D eigenvalue weighted by atomic mass is 10.3. The first-order valence-electron chi connectivity index (χ1n) is 6.66. The number of carbonyl (C=O) groups is 1. The number of alkyl halides is 3. The van der Waals surface area contributed by atoms with E-state index in [4.69, 9.17) is 0 Å².